The summed E-state index contributed by atoms with van der Waals surface area (Å²) in [6, 6.07) is 5.79. The van der Waals surface area contributed by atoms with Gasteiger partial charge in [-0.05, 0) is 36.7 Å². The molecule has 0 saturated heterocycles. The van der Waals surface area contributed by atoms with Crippen molar-refractivity contribution >= 4 is 15.9 Å². The number of hydrogen-bond donors (Lipinski definition) is 1. The lowest BCUT2D eigenvalue weighted by Gasteiger charge is -2.07. The second-order valence-corrected chi connectivity index (χ2v) is 4.66. The fourth-order valence-corrected chi connectivity index (χ4v) is 1.98. The molecule has 0 aliphatic rings. The van der Waals surface area contributed by atoms with E-state index in [4.69, 9.17) is 15.0 Å². The van der Waals surface area contributed by atoms with E-state index in [1.807, 2.05) is 18.2 Å². The number of aromatic nitrogens is 2. The highest BCUT2D eigenvalue weighted by Gasteiger charge is 2.05. The Labute approximate surface area is 113 Å². The van der Waals surface area contributed by atoms with Crippen molar-refractivity contribution in [2.24, 2.45) is 5.73 Å². The first-order chi connectivity index (χ1) is 8.69. The van der Waals surface area contributed by atoms with E-state index in [-0.39, 0.29) is 0 Å². The van der Waals surface area contributed by atoms with Crippen molar-refractivity contribution < 1.29 is 9.26 Å². The molecular formula is C12H14BrN3O2. The standard InChI is InChI=1S/C12H14BrN3O2/c1-8-15-12(16-18-8)7-17-10-2-3-11(13)9(6-10)4-5-14/h2-3,6H,4-5,7,14H2,1H3. The van der Waals surface area contributed by atoms with Gasteiger partial charge in [-0.15, -0.1) is 0 Å². The van der Waals surface area contributed by atoms with Gasteiger partial charge >= 0.3 is 0 Å². The van der Waals surface area contributed by atoms with Crippen LogP contribution in [0, 0.1) is 6.92 Å². The quantitative estimate of drug-likeness (QED) is 0.916. The number of nitrogens with two attached hydrogens (primary N) is 1. The molecule has 0 aliphatic carbocycles. The number of hydrogen-bond acceptors (Lipinski definition) is 5. The molecule has 0 saturated carbocycles. The minimum atomic E-state index is 0.293. The lowest BCUT2D eigenvalue weighted by atomic mass is 10.1. The van der Waals surface area contributed by atoms with Gasteiger partial charge in [-0.3, -0.25) is 0 Å². The number of rotatable bonds is 5. The first-order valence-electron chi connectivity index (χ1n) is 5.59. The summed E-state index contributed by atoms with van der Waals surface area (Å²) >= 11 is 3.48. The predicted molar refractivity (Wildman–Crippen MR) is 70.3 cm³/mol. The third-order valence-electron chi connectivity index (χ3n) is 2.37. The maximum absolute atomic E-state index is 5.60. The van der Waals surface area contributed by atoms with Crippen LogP contribution in [0.25, 0.3) is 0 Å². The van der Waals surface area contributed by atoms with Crippen molar-refractivity contribution in [3.8, 4) is 5.75 Å². The van der Waals surface area contributed by atoms with Crippen LogP contribution in [0.15, 0.2) is 27.2 Å². The summed E-state index contributed by atoms with van der Waals surface area (Å²) in [6.07, 6.45) is 0.805. The molecule has 1 aromatic carbocycles. The van der Waals surface area contributed by atoms with Crippen LogP contribution >= 0.6 is 15.9 Å². The molecule has 2 N–H and O–H groups in total. The topological polar surface area (TPSA) is 74.2 Å². The Morgan fingerprint density at radius 3 is 2.94 bits per heavy atom. The van der Waals surface area contributed by atoms with E-state index in [1.54, 1.807) is 6.92 Å². The van der Waals surface area contributed by atoms with Crippen LogP contribution in [0.2, 0.25) is 0 Å². The summed E-state index contributed by atoms with van der Waals surface area (Å²) < 4.78 is 11.5. The van der Waals surface area contributed by atoms with E-state index in [0.29, 0.717) is 24.9 Å². The molecule has 0 radical (unpaired) electrons. The molecule has 0 amide bonds. The zero-order valence-electron chi connectivity index (χ0n) is 10.0. The molecule has 2 aromatic rings. The molecule has 18 heavy (non-hydrogen) atoms. The first-order valence-corrected chi connectivity index (χ1v) is 6.39. The lowest BCUT2D eigenvalue weighted by Crippen LogP contribution is -2.04. The molecule has 1 aromatic heterocycles. The van der Waals surface area contributed by atoms with Gasteiger partial charge in [-0.25, -0.2) is 0 Å². The van der Waals surface area contributed by atoms with Crippen molar-refractivity contribution in [3.63, 3.8) is 0 Å². The summed E-state index contributed by atoms with van der Waals surface area (Å²) in [7, 11) is 0. The van der Waals surface area contributed by atoms with Gasteiger partial charge in [0, 0.05) is 11.4 Å². The molecule has 5 nitrogen and oxygen atoms in total. The molecule has 0 bridgehead atoms. The van der Waals surface area contributed by atoms with E-state index >= 15 is 0 Å². The van der Waals surface area contributed by atoms with Crippen molar-refractivity contribution in [1.29, 1.82) is 0 Å². The van der Waals surface area contributed by atoms with Crippen LogP contribution < -0.4 is 10.5 Å². The monoisotopic (exact) mass is 311 g/mol. The third-order valence-corrected chi connectivity index (χ3v) is 3.14. The van der Waals surface area contributed by atoms with Gasteiger partial charge in [0.25, 0.3) is 0 Å². The van der Waals surface area contributed by atoms with E-state index in [1.165, 1.54) is 0 Å². The minimum Gasteiger partial charge on any atom is -0.485 e. The van der Waals surface area contributed by atoms with Crippen LogP contribution in [0.3, 0.4) is 0 Å². The van der Waals surface area contributed by atoms with Crippen LogP contribution in [0.5, 0.6) is 5.75 Å². The van der Waals surface area contributed by atoms with Crippen LogP contribution in [0.4, 0.5) is 0 Å². The number of nitrogens with zero attached hydrogens (tertiary/aromatic N) is 2. The molecule has 6 heteroatoms. The van der Waals surface area contributed by atoms with Crippen molar-refractivity contribution in [2.75, 3.05) is 6.54 Å². The van der Waals surface area contributed by atoms with Gasteiger partial charge in [0.05, 0.1) is 0 Å². The molecule has 0 atom stereocenters. The number of ether oxygens (including phenoxy) is 1. The van der Waals surface area contributed by atoms with Gasteiger partial charge < -0.3 is 15.0 Å². The smallest absolute Gasteiger partial charge is 0.223 e. The van der Waals surface area contributed by atoms with E-state index in [0.717, 1.165) is 22.2 Å². The largest absolute Gasteiger partial charge is 0.485 e. The fourth-order valence-electron chi connectivity index (χ4n) is 1.54. The fraction of sp³-hybridized carbons (Fsp3) is 0.333. The number of aryl methyl sites for hydroxylation is 1. The summed E-state index contributed by atoms with van der Waals surface area (Å²) in [5.41, 5.74) is 6.68. The number of benzene rings is 1. The Kier molecular flexibility index (Phi) is 4.33. The van der Waals surface area contributed by atoms with Gasteiger partial charge in [-0.2, -0.15) is 4.98 Å². The number of halogens is 1. The molecule has 0 unspecified atom stereocenters. The highest BCUT2D eigenvalue weighted by Crippen LogP contribution is 2.23. The van der Waals surface area contributed by atoms with Gasteiger partial charge in [0.2, 0.25) is 11.7 Å². The zero-order chi connectivity index (χ0) is 13.0. The average Bonchev–Trinajstić information content (AvgIpc) is 2.76. The molecule has 2 rings (SSSR count). The Hall–Kier alpha value is -1.40. The molecule has 96 valence electrons. The summed E-state index contributed by atoms with van der Waals surface area (Å²) in [5, 5.41) is 3.77. The van der Waals surface area contributed by atoms with Crippen LogP contribution in [0.1, 0.15) is 17.3 Å². The van der Waals surface area contributed by atoms with Gasteiger partial charge in [0.15, 0.2) is 6.61 Å². The Morgan fingerprint density at radius 1 is 1.44 bits per heavy atom. The second kappa shape index (κ2) is 5.97. The van der Waals surface area contributed by atoms with E-state index in [2.05, 4.69) is 26.1 Å². The van der Waals surface area contributed by atoms with Crippen molar-refractivity contribution in [3.05, 3.63) is 40.0 Å². The molecule has 0 fully saturated rings. The Balaban J connectivity index is 2.03. The highest BCUT2D eigenvalue weighted by atomic mass is 79.9. The van der Waals surface area contributed by atoms with Crippen molar-refractivity contribution in [2.45, 2.75) is 20.0 Å². The summed E-state index contributed by atoms with van der Waals surface area (Å²) in [6.45, 7) is 2.64. The minimum absolute atomic E-state index is 0.293. The van der Waals surface area contributed by atoms with Crippen LogP contribution in [-0.4, -0.2) is 16.7 Å². The van der Waals surface area contributed by atoms with Crippen LogP contribution in [-0.2, 0) is 13.0 Å². The first kappa shape index (κ1) is 13.0. The Morgan fingerprint density at radius 2 is 2.28 bits per heavy atom. The second-order valence-electron chi connectivity index (χ2n) is 3.81. The van der Waals surface area contributed by atoms with E-state index < -0.39 is 0 Å². The van der Waals surface area contributed by atoms with E-state index in [9.17, 15) is 0 Å². The maximum atomic E-state index is 5.60. The molecule has 1 heterocycles. The van der Waals surface area contributed by atoms with Gasteiger partial charge in [0.1, 0.15) is 5.75 Å². The average molecular weight is 312 g/mol. The SMILES string of the molecule is Cc1nc(COc2ccc(Br)c(CCN)c2)no1. The zero-order valence-corrected chi connectivity index (χ0v) is 11.6. The summed E-state index contributed by atoms with van der Waals surface area (Å²) in [4.78, 5) is 4.07. The van der Waals surface area contributed by atoms with Crippen molar-refractivity contribution in [1.82, 2.24) is 10.1 Å². The normalized spacial score (nSPS) is 10.6. The highest BCUT2D eigenvalue weighted by molar-refractivity contribution is 9.10. The Bertz CT molecular complexity index is 528. The predicted octanol–water partition coefficient (Wildman–Crippen LogP) is 2.22. The molecule has 0 spiro atoms. The lowest BCUT2D eigenvalue weighted by molar-refractivity contribution is 0.285. The summed E-state index contributed by atoms with van der Waals surface area (Å²) in [5.74, 6) is 1.84. The third kappa shape index (κ3) is 3.30. The molecule has 0 aliphatic heterocycles. The van der Waals surface area contributed by atoms with Gasteiger partial charge in [-0.1, -0.05) is 21.1 Å². The maximum Gasteiger partial charge on any atom is 0.223 e. The molecular weight excluding hydrogens is 298 g/mol.